The lowest BCUT2D eigenvalue weighted by Crippen LogP contribution is -2.29. The Morgan fingerprint density at radius 2 is 0.522 bits per heavy atom. The van der Waals surface area contributed by atoms with Crippen LogP contribution < -0.4 is 5.46 Å². The van der Waals surface area contributed by atoms with Gasteiger partial charge in [0.25, 0.3) is 0 Å². The molecule has 16 aromatic rings. The molecule has 16 rings (SSSR count). The zero-order valence-corrected chi connectivity index (χ0v) is 49.0. The topological polar surface area (TPSA) is 144 Å². The van der Waals surface area contributed by atoms with E-state index in [-0.39, 0.29) is 5.28 Å². The lowest BCUT2D eigenvalue weighted by Gasteiger charge is -2.10. The number of aromatic nitrogens is 6. The second-order valence-electron chi connectivity index (χ2n) is 21.3. The SMILES string of the molecule is Clc1nc(-c2ccc(-c3ccccc3)cc2)nc(-c2ccc(-c3ccccc3)cc2)n1.OB(O)c1cccc2c1oc1ccccc12.c1ccc(-c2ccc(-c3nc(-c4ccc(-c5ccccc5)cc4)nc(-c4cccc5c4oc4ccccc45)n3)cc2)cc1. The molecule has 0 bridgehead atoms. The van der Waals surface area contributed by atoms with Crippen molar-refractivity contribution < 1.29 is 18.9 Å². The van der Waals surface area contributed by atoms with E-state index in [2.05, 4.69) is 173 Å². The fourth-order valence-corrected chi connectivity index (χ4v) is 11.2. The van der Waals surface area contributed by atoms with Crippen molar-refractivity contribution >= 4 is 68.1 Å². The molecule has 12 aromatic carbocycles. The summed E-state index contributed by atoms with van der Waals surface area (Å²) >= 11 is 6.24. The van der Waals surface area contributed by atoms with Crippen LogP contribution in [-0.2, 0) is 0 Å². The molecule has 428 valence electrons. The van der Waals surface area contributed by atoms with Crippen LogP contribution in [0.5, 0.6) is 0 Å². The van der Waals surface area contributed by atoms with E-state index >= 15 is 0 Å². The van der Waals surface area contributed by atoms with Gasteiger partial charge in [-0.1, -0.05) is 285 Å². The Morgan fingerprint density at radius 3 is 0.900 bits per heavy atom. The molecular formula is C78H52BClN6O4. The smallest absolute Gasteiger partial charge is 0.456 e. The van der Waals surface area contributed by atoms with Crippen LogP contribution >= 0.6 is 11.6 Å². The molecule has 0 saturated heterocycles. The largest absolute Gasteiger partial charge is 0.492 e. The predicted octanol–water partition coefficient (Wildman–Crippen LogP) is 18.6. The minimum absolute atomic E-state index is 0.180. The Morgan fingerprint density at radius 1 is 0.244 bits per heavy atom. The first-order chi connectivity index (χ1) is 44.3. The summed E-state index contributed by atoms with van der Waals surface area (Å²) in [5, 5.41) is 22.7. The van der Waals surface area contributed by atoms with Crippen molar-refractivity contribution in [3.63, 3.8) is 0 Å². The number of nitrogens with zero attached hydrogens (tertiary/aromatic N) is 6. The zero-order chi connectivity index (χ0) is 60.8. The third-order valence-electron chi connectivity index (χ3n) is 15.6. The highest BCUT2D eigenvalue weighted by Gasteiger charge is 2.20. The summed E-state index contributed by atoms with van der Waals surface area (Å²) in [4.78, 5) is 28.3. The number of furan rings is 2. The minimum atomic E-state index is -1.51. The minimum Gasteiger partial charge on any atom is -0.456 e. The Hall–Kier alpha value is -11.5. The third-order valence-corrected chi connectivity index (χ3v) is 15.8. The normalized spacial score (nSPS) is 11.1. The van der Waals surface area contributed by atoms with Gasteiger partial charge in [-0.25, -0.2) is 19.9 Å². The molecule has 0 saturated carbocycles. The van der Waals surface area contributed by atoms with Crippen LogP contribution in [0.25, 0.3) is 145 Å². The first-order valence-corrected chi connectivity index (χ1v) is 29.7. The quantitative estimate of drug-likeness (QED) is 0.127. The van der Waals surface area contributed by atoms with E-state index in [4.69, 9.17) is 35.4 Å². The van der Waals surface area contributed by atoms with Gasteiger partial charge in [-0.05, 0) is 74.3 Å². The highest BCUT2D eigenvalue weighted by Crippen LogP contribution is 2.37. The fraction of sp³-hybridized carbons (Fsp3) is 0. The van der Waals surface area contributed by atoms with E-state index in [1.165, 1.54) is 22.3 Å². The van der Waals surface area contributed by atoms with Gasteiger partial charge in [0.05, 0.1) is 5.56 Å². The van der Waals surface area contributed by atoms with E-state index < -0.39 is 7.12 Å². The molecule has 0 unspecified atom stereocenters. The molecule has 0 fully saturated rings. The molecule has 12 heteroatoms. The Kier molecular flexibility index (Phi) is 15.9. The van der Waals surface area contributed by atoms with Crippen LogP contribution in [0.3, 0.4) is 0 Å². The van der Waals surface area contributed by atoms with E-state index in [0.717, 1.165) is 88.4 Å². The number of benzene rings is 12. The van der Waals surface area contributed by atoms with E-state index in [0.29, 0.717) is 40.2 Å². The lowest BCUT2D eigenvalue weighted by atomic mass is 9.79. The van der Waals surface area contributed by atoms with Crippen molar-refractivity contribution in [3.05, 3.63) is 309 Å². The maximum atomic E-state index is 9.24. The van der Waals surface area contributed by atoms with Crippen molar-refractivity contribution in [3.8, 4) is 101 Å². The van der Waals surface area contributed by atoms with Gasteiger partial charge in [-0.2, -0.15) is 9.97 Å². The van der Waals surface area contributed by atoms with Crippen molar-refractivity contribution in [1.29, 1.82) is 0 Å². The first kappa shape index (κ1) is 56.3. The molecule has 0 aliphatic heterocycles. The molecule has 4 heterocycles. The first-order valence-electron chi connectivity index (χ1n) is 29.3. The van der Waals surface area contributed by atoms with Gasteiger partial charge in [0.1, 0.15) is 22.3 Å². The molecule has 0 radical (unpaired) electrons. The Labute approximate surface area is 523 Å². The lowest BCUT2D eigenvalue weighted by molar-refractivity contribution is 0.425. The van der Waals surface area contributed by atoms with Gasteiger partial charge in [0, 0.05) is 49.3 Å². The van der Waals surface area contributed by atoms with Gasteiger partial charge >= 0.3 is 7.12 Å². The summed E-state index contributed by atoms with van der Waals surface area (Å²) in [7, 11) is -1.51. The van der Waals surface area contributed by atoms with Crippen LogP contribution in [0.15, 0.2) is 312 Å². The van der Waals surface area contributed by atoms with Crippen LogP contribution in [0.1, 0.15) is 0 Å². The molecule has 10 nitrogen and oxygen atoms in total. The summed E-state index contributed by atoms with van der Waals surface area (Å²) < 4.78 is 12.0. The number of fused-ring (bicyclic) bond motifs is 6. The van der Waals surface area contributed by atoms with Gasteiger partial charge in [0.2, 0.25) is 5.28 Å². The highest BCUT2D eigenvalue weighted by atomic mass is 35.5. The highest BCUT2D eigenvalue weighted by molar-refractivity contribution is 6.61. The van der Waals surface area contributed by atoms with Crippen molar-refractivity contribution in [1.82, 2.24) is 29.9 Å². The second kappa shape index (κ2) is 25.5. The maximum absolute atomic E-state index is 9.24. The fourth-order valence-electron chi connectivity index (χ4n) is 11.0. The number of hydrogen-bond donors (Lipinski definition) is 2. The molecule has 0 spiro atoms. The van der Waals surface area contributed by atoms with Crippen LogP contribution in [-0.4, -0.2) is 47.1 Å². The van der Waals surface area contributed by atoms with E-state index in [9.17, 15) is 10.0 Å². The summed E-state index contributed by atoms with van der Waals surface area (Å²) in [5.41, 5.74) is 17.0. The molecule has 0 atom stereocenters. The van der Waals surface area contributed by atoms with Gasteiger partial charge < -0.3 is 18.9 Å². The molecule has 0 aliphatic carbocycles. The Bertz CT molecular complexity index is 4930. The molecule has 2 N–H and O–H groups in total. The molecule has 0 amide bonds. The Balaban J connectivity index is 0.000000130. The monoisotopic (exact) mass is 1180 g/mol. The third kappa shape index (κ3) is 12.0. The van der Waals surface area contributed by atoms with Crippen molar-refractivity contribution in [2.75, 3.05) is 0 Å². The molecular weight excluding hydrogens is 1130 g/mol. The summed E-state index contributed by atoms with van der Waals surface area (Å²) in [6.07, 6.45) is 0. The van der Waals surface area contributed by atoms with E-state index in [1.807, 2.05) is 133 Å². The molecule has 0 aliphatic rings. The standard InChI is InChI=1S/C39H25N3O.C27H18ClN3.C12H9BO3/c1-3-10-26(11-4-1)28-18-22-30(23-19-28)37-40-38(31-24-20-29(21-25-31)27-12-5-2-6-13-27)42-39(41-37)34-16-9-15-33-32-14-7-8-17-35(32)43-36(33)34;28-27-30-25(23-15-11-21(12-16-23)19-7-3-1-4-8-19)29-26(31-27)24-17-13-22(14-18-24)20-9-5-2-6-10-20;14-13(15)10-6-3-5-9-8-4-1-2-7-11(8)16-12(9)10/h1-25H;1-18H;1-7,14-15H. The van der Waals surface area contributed by atoms with Crippen LogP contribution in [0.2, 0.25) is 5.28 Å². The second-order valence-corrected chi connectivity index (χ2v) is 21.6. The molecule has 90 heavy (non-hydrogen) atoms. The number of rotatable bonds is 10. The van der Waals surface area contributed by atoms with Crippen LogP contribution in [0.4, 0.5) is 0 Å². The number of para-hydroxylation sites is 4. The number of halogens is 1. The van der Waals surface area contributed by atoms with E-state index in [1.54, 1.807) is 12.1 Å². The summed E-state index contributed by atoms with van der Waals surface area (Å²) in [5.74, 6) is 2.91. The zero-order valence-electron chi connectivity index (χ0n) is 48.2. The van der Waals surface area contributed by atoms with Crippen molar-refractivity contribution in [2.24, 2.45) is 0 Å². The summed E-state index contributed by atoms with van der Waals surface area (Å²) in [6, 6.07) is 101. The van der Waals surface area contributed by atoms with Crippen molar-refractivity contribution in [2.45, 2.75) is 0 Å². The van der Waals surface area contributed by atoms with Gasteiger partial charge in [0.15, 0.2) is 29.1 Å². The predicted molar refractivity (Wildman–Crippen MR) is 364 cm³/mol. The summed E-state index contributed by atoms with van der Waals surface area (Å²) in [6.45, 7) is 0. The van der Waals surface area contributed by atoms with Crippen LogP contribution in [0, 0.1) is 0 Å². The molecule has 4 aromatic heterocycles. The van der Waals surface area contributed by atoms with Gasteiger partial charge in [-0.3, -0.25) is 0 Å². The average Bonchev–Trinajstić information content (AvgIpc) is 1.96. The average molecular weight is 1180 g/mol. The number of hydrogen-bond acceptors (Lipinski definition) is 10. The van der Waals surface area contributed by atoms with Gasteiger partial charge in [-0.15, -0.1) is 0 Å². The maximum Gasteiger partial charge on any atom is 0.492 e.